The molecule has 24 heavy (non-hydrogen) atoms. The third-order valence-electron chi connectivity index (χ3n) is 3.94. The highest BCUT2D eigenvalue weighted by Gasteiger charge is 2.14. The SMILES string of the molecule is CCC(NC(=O)CSCc1cccc(Cl)c1)c1ccc(C)cc1C. The molecule has 2 rings (SSSR count). The van der Waals surface area contributed by atoms with Gasteiger partial charge in [0.25, 0.3) is 0 Å². The van der Waals surface area contributed by atoms with Gasteiger partial charge in [0.15, 0.2) is 0 Å². The molecule has 0 saturated heterocycles. The van der Waals surface area contributed by atoms with Gasteiger partial charge in [0.2, 0.25) is 5.91 Å². The summed E-state index contributed by atoms with van der Waals surface area (Å²) in [5.74, 6) is 1.32. The molecule has 1 unspecified atom stereocenters. The lowest BCUT2D eigenvalue weighted by molar-refractivity contribution is -0.119. The largest absolute Gasteiger partial charge is 0.349 e. The van der Waals surface area contributed by atoms with Gasteiger partial charge in [-0.2, -0.15) is 0 Å². The van der Waals surface area contributed by atoms with E-state index in [1.807, 2.05) is 24.3 Å². The lowest BCUT2D eigenvalue weighted by Crippen LogP contribution is -2.30. The van der Waals surface area contributed by atoms with Crippen LogP contribution in [-0.2, 0) is 10.5 Å². The molecule has 1 N–H and O–H groups in total. The van der Waals surface area contributed by atoms with E-state index < -0.39 is 0 Å². The van der Waals surface area contributed by atoms with E-state index in [9.17, 15) is 4.79 Å². The van der Waals surface area contributed by atoms with Crippen LogP contribution in [-0.4, -0.2) is 11.7 Å². The van der Waals surface area contributed by atoms with Gasteiger partial charge in [-0.1, -0.05) is 54.4 Å². The van der Waals surface area contributed by atoms with E-state index in [1.54, 1.807) is 11.8 Å². The zero-order valence-corrected chi connectivity index (χ0v) is 16.0. The first-order valence-corrected chi connectivity index (χ1v) is 9.71. The quantitative estimate of drug-likeness (QED) is 0.709. The summed E-state index contributed by atoms with van der Waals surface area (Å²) in [5, 5.41) is 3.89. The molecule has 0 aliphatic rings. The van der Waals surface area contributed by atoms with Crippen molar-refractivity contribution < 1.29 is 4.79 Å². The van der Waals surface area contributed by atoms with E-state index in [0.29, 0.717) is 5.75 Å². The first-order chi connectivity index (χ1) is 11.5. The number of hydrogen-bond donors (Lipinski definition) is 1. The fourth-order valence-corrected chi connectivity index (χ4v) is 3.74. The second-order valence-electron chi connectivity index (χ2n) is 6.01. The fourth-order valence-electron chi connectivity index (χ4n) is 2.74. The third-order valence-corrected chi connectivity index (χ3v) is 5.17. The Labute approximate surface area is 154 Å². The van der Waals surface area contributed by atoms with Crippen LogP contribution in [0, 0.1) is 13.8 Å². The molecule has 0 bridgehead atoms. The Kier molecular flexibility index (Phi) is 7.19. The van der Waals surface area contributed by atoms with Gasteiger partial charge in [-0.3, -0.25) is 4.79 Å². The van der Waals surface area contributed by atoms with Crippen molar-refractivity contribution >= 4 is 29.3 Å². The van der Waals surface area contributed by atoms with Crippen molar-refractivity contribution in [2.24, 2.45) is 0 Å². The molecule has 4 heteroatoms. The maximum atomic E-state index is 12.3. The Morgan fingerprint density at radius 3 is 2.67 bits per heavy atom. The topological polar surface area (TPSA) is 29.1 Å². The first kappa shape index (κ1) is 18.9. The molecule has 0 aliphatic carbocycles. The van der Waals surface area contributed by atoms with Crippen LogP contribution in [0.4, 0.5) is 0 Å². The Morgan fingerprint density at radius 1 is 1.21 bits per heavy atom. The number of benzene rings is 2. The Morgan fingerprint density at radius 2 is 2.00 bits per heavy atom. The smallest absolute Gasteiger partial charge is 0.230 e. The molecular formula is C20H24ClNOS. The summed E-state index contributed by atoms with van der Waals surface area (Å²) in [7, 11) is 0. The molecule has 0 spiro atoms. The molecular weight excluding hydrogens is 338 g/mol. The second kappa shape index (κ2) is 9.14. The van der Waals surface area contributed by atoms with Crippen LogP contribution < -0.4 is 5.32 Å². The molecule has 0 aliphatic heterocycles. The molecule has 128 valence electrons. The Bertz CT molecular complexity index is 702. The summed E-state index contributed by atoms with van der Waals surface area (Å²) in [6.45, 7) is 6.29. The molecule has 1 amide bonds. The number of rotatable bonds is 7. The van der Waals surface area contributed by atoms with Crippen molar-refractivity contribution in [3.05, 3.63) is 69.7 Å². The molecule has 0 radical (unpaired) electrons. The summed E-state index contributed by atoms with van der Waals surface area (Å²) in [5.41, 5.74) is 4.82. The van der Waals surface area contributed by atoms with Crippen molar-refractivity contribution in [2.75, 3.05) is 5.75 Å². The van der Waals surface area contributed by atoms with Crippen LogP contribution in [0.1, 0.15) is 41.6 Å². The van der Waals surface area contributed by atoms with Gasteiger partial charge in [0.05, 0.1) is 11.8 Å². The molecule has 2 nitrogen and oxygen atoms in total. The summed E-state index contributed by atoms with van der Waals surface area (Å²) in [4.78, 5) is 12.3. The van der Waals surface area contributed by atoms with Crippen molar-refractivity contribution in [1.29, 1.82) is 0 Å². The molecule has 0 fully saturated rings. The number of carbonyl (C=O) groups excluding carboxylic acids is 1. The van der Waals surface area contributed by atoms with Crippen LogP contribution >= 0.6 is 23.4 Å². The fraction of sp³-hybridized carbons (Fsp3) is 0.350. The standard InChI is InChI=1S/C20H24ClNOS/c1-4-19(18-9-8-14(2)10-15(18)3)22-20(23)13-24-12-16-6-5-7-17(21)11-16/h5-11,19H,4,12-13H2,1-3H3,(H,22,23). The number of nitrogens with one attached hydrogen (secondary N) is 1. The van der Waals surface area contributed by atoms with Crippen molar-refractivity contribution in [3.63, 3.8) is 0 Å². The summed E-state index contributed by atoms with van der Waals surface area (Å²) in [6, 6.07) is 14.2. The summed E-state index contributed by atoms with van der Waals surface area (Å²) < 4.78 is 0. The van der Waals surface area contributed by atoms with Gasteiger partial charge in [-0.05, 0) is 49.1 Å². The predicted octanol–water partition coefficient (Wildman–Crippen LogP) is 5.46. The van der Waals surface area contributed by atoms with Crippen LogP contribution in [0.2, 0.25) is 5.02 Å². The lowest BCUT2D eigenvalue weighted by atomic mass is 9.97. The Balaban J connectivity index is 1.88. The molecule has 0 aromatic heterocycles. The monoisotopic (exact) mass is 361 g/mol. The van der Waals surface area contributed by atoms with Gasteiger partial charge in [-0.15, -0.1) is 11.8 Å². The predicted molar refractivity (Wildman–Crippen MR) is 105 cm³/mol. The van der Waals surface area contributed by atoms with Crippen molar-refractivity contribution in [3.8, 4) is 0 Å². The molecule has 1 atom stereocenters. The minimum absolute atomic E-state index is 0.0740. The highest BCUT2D eigenvalue weighted by atomic mass is 35.5. The van der Waals surface area contributed by atoms with E-state index in [2.05, 4.69) is 44.3 Å². The summed E-state index contributed by atoms with van der Waals surface area (Å²) in [6.07, 6.45) is 0.884. The number of aryl methyl sites for hydroxylation is 2. The van der Waals surface area contributed by atoms with Gasteiger partial charge in [-0.25, -0.2) is 0 Å². The van der Waals surface area contributed by atoms with Gasteiger partial charge in [0.1, 0.15) is 0 Å². The van der Waals surface area contributed by atoms with Gasteiger partial charge >= 0.3 is 0 Å². The zero-order valence-electron chi connectivity index (χ0n) is 14.4. The highest BCUT2D eigenvalue weighted by Crippen LogP contribution is 2.22. The van der Waals surface area contributed by atoms with E-state index in [-0.39, 0.29) is 11.9 Å². The van der Waals surface area contributed by atoms with Gasteiger partial charge < -0.3 is 5.32 Å². The number of hydrogen-bond acceptors (Lipinski definition) is 2. The average Bonchev–Trinajstić information content (AvgIpc) is 2.53. The molecule has 2 aromatic carbocycles. The minimum Gasteiger partial charge on any atom is -0.349 e. The van der Waals surface area contributed by atoms with E-state index in [4.69, 9.17) is 11.6 Å². The second-order valence-corrected chi connectivity index (χ2v) is 7.43. The molecule has 0 saturated carbocycles. The maximum Gasteiger partial charge on any atom is 0.230 e. The minimum atomic E-state index is 0.0740. The number of amides is 1. The lowest BCUT2D eigenvalue weighted by Gasteiger charge is -2.20. The highest BCUT2D eigenvalue weighted by molar-refractivity contribution is 7.99. The van der Waals surface area contributed by atoms with Crippen molar-refractivity contribution in [2.45, 2.75) is 39.0 Å². The number of halogens is 1. The Hall–Kier alpha value is -1.45. The first-order valence-electron chi connectivity index (χ1n) is 8.18. The van der Waals surface area contributed by atoms with E-state index in [0.717, 1.165) is 22.8 Å². The van der Waals surface area contributed by atoms with Crippen LogP contribution in [0.25, 0.3) is 0 Å². The zero-order chi connectivity index (χ0) is 17.5. The van der Waals surface area contributed by atoms with Crippen LogP contribution in [0.5, 0.6) is 0 Å². The van der Waals surface area contributed by atoms with E-state index >= 15 is 0 Å². The van der Waals surface area contributed by atoms with Gasteiger partial charge in [0, 0.05) is 10.8 Å². The third kappa shape index (κ3) is 5.57. The van der Waals surface area contributed by atoms with Crippen molar-refractivity contribution in [1.82, 2.24) is 5.32 Å². The normalized spacial score (nSPS) is 12.0. The van der Waals surface area contributed by atoms with E-state index in [1.165, 1.54) is 16.7 Å². The van der Waals surface area contributed by atoms with Crippen LogP contribution in [0.15, 0.2) is 42.5 Å². The average molecular weight is 362 g/mol. The number of thioether (sulfide) groups is 1. The van der Waals surface area contributed by atoms with Crippen LogP contribution in [0.3, 0.4) is 0 Å². The number of carbonyl (C=O) groups is 1. The maximum absolute atomic E-state index is 12.3. The molecule has 0 heterocycles. The molecule has 2 aromatic rings. The summed E-state index contributed by atoms with van der Waals surface area (Å²) >= 11 is 7.59.